The zero-order chi connectivity index (χ0) is 18.7. The summed E-state index contributed by atoms with van der Waals surface area (Å²) in [5.74, 6) is -0.401. The second-order valence-corrected chi connectivity index (χ2v) is 6.97. The quantitative estimate of drug-likeness (QED) is 0.835. The van der Waals surface area contributed by atoms with E-state index < -0.39 is 12.6 Å². The van der Waals surface area contributed by atoms with Crippen molar-refractivity contribution >= 4 is 23.5 Å². The molecule has 3 rings (SSSR count). The molecule has 1 saturated heterocycles. The van der Waals surface area contributed by atoms with E-state index in [4.69, 9.17) is 9.84 Å². The van der Waals surface area contributed by atoms with Crippen LogP contribution in [-0.2, 0) is 14.4 Å². The molecule has 26 heavy (non-hydrogen) atoms. The van der Waals surface area contributed by atoms with Crippen molar-refractivity contribution < 1.29 is 24.2 Å². The highest BCUT2D eigenvalue weighted by Crippen LogP contribution is 2.33. The molecule has 0 spiro atoms. The van der Waals surface area contributed by atoms with E-state index in [0.29, 0.717) is 18.0 Å². The molecule has 0 aromatic heterocycles. The Morgan fingerprint density at radius 2 is 1.85 bits per heavy atom. The molecule has 1 atom stereocenters. The van der Waals surface area contributed by atoms with Crippen molar-refractivity contribution in [2.75, 3.05) is 31.6 Å². The van der Waals surface area contributed by atoms with Crippen LogP contribution in [0.2, 0.25) is 0 Å². The van der Waals surface area contributed by atoms with Gasteiger partial charge < -0.3 is 19.6 Å². The van der Waals surface area contributed by atoms with E-state index >= 15 is 0 Å². The third-order valence-electron chi connectivity index (χ3n) is 4.93. The number of nitrogens with zero attached hydrogens (tertiary/aromatic N) is 2. The molecule has 1 aliphatic heterocycles. The number of amides is 2. The van der Waals surface area contributed by atoms with Crippen LogP contribution >= 0.6 is 0 Å². The molecule has 1 N–H and O–H groups in total. The SMILES string of the molecule is CN(C(=O)C1CCCN(C(=O)C2CC2)C1)c1ccc(OCC(=O)O)cc1. The monoisotopic (exact) mass is 360 g/mol. The molecule has 140 valence electrons. The van der Waals surface area contributed by atoms with Gasteiger partial charge in [-0.3, -0.25) is 9.59 Å². The Morgan fingerprint density at radius 3 is 2.46 bits per heavy atom. The zero-order valence-corrected chi connectivity index (χ0v) is 14.9. The Bertz CT molecular complexity index is 684. The fraction of sp³-hybridized carbons (Fsp3) is 0.526. The lowest BCUT2D eigenvalue weighted by Gasteiger charge is -2.34. The fourth-order valence-corrected chi connectivity index (χ4v) is 3.28. The van der Waals surface area contributed by atoms with Crippen LogP contribution in [0.3, 0.4) is 0 Å². The molecule has 2 amide bonds. The van der Waals surface area contributed by atoms with Crippen molar-refractivity contribution in [1.82, 2.24) is 4.90 Å². The van der Waals surface area contributed by atoms with Crippen LogP contribution < -0.4 is 9.64 Å². The van der Waals surface area contributed by atoms with E-state index in [2.05, 4.69) is 0 Å². The number of hydrogen-bond acceptors (Lipinski definition) is 4. The molecule has 2 aliphatic rings. The number of ether oxygens (including phenoxy) is 1. The molecular formula is C19H24N2O5. The lowest BCUT2D eigenvalue weighted by Crippen LogP contribution is -2.46. The van der Waals surface area contributed by atoms with Crippen molar-refractivity contribution in [2.24, 2.45) is 11.8 Å². The summed E-state index contributed by atoms with van der Waals surface area (Å²) in [4.78, 5) is 39.1. The Morgan fingerprint density at radius 1 is 1.15 bits per heavy atom. The van der Waals surface area contributed by atoms with Gasteiger partial charge in [0.05, 0.1) is 5.92 Å². The van der Waals surface area contributed by atoms with Gasteiger partial charge >= 0.3 is 5.97 Å². The Hall–Kier alpha value is -2.57. The van der Waals surface area contributed by atoms with Crippen molar-refractivity contribution in [3.63, 3.8) is 0 Å². The summed E-state index contributed by atoms with van der Waals surface area (Å²) in [7, 11) is 1.72. The van der Waals surface area contributed by atoms with Crippen LogP contribution in [0.5, 0.6) is 5.75 Å². The van der Waals surface area contributed by atoms with Crippen LogP contribution in [0.15, 0.2) is 24.3 Å². The molecule has 1 unspecified atom stereocenters. The van der Waals surface area contributed by atoms with Crippen LogP contribution in [0.1, 0.15) is 25.7 Å². The molecule has 2 fully saturated rings. The first-order valence-electron chi connectivity index (χ1n) is 8.96. The number of likely N-dealkylation sites (tertiary alicyclic amines) is 1. The highest BCUT2D eigenvalue weighted by atomic mass is 16.5. The van der Waals surface area contributed by atoms with Gasteiger partial charge in [0.1, 0.15) is 5.75 Å². The van der Waals surface area contributed by atoms with Gasteiger partial charge in [0.25, 0.3) is 0 Å². The van der Waals surface area contributed by atoms with Crippen LogP contribution in [0.4, 0.5) is 5.69 Å². The third kappa shape index (κ3) is 4.33. The molecule has 0 bridgehead atoms. The van der Waals surface area contributed by atoms with E-state index in [1.807, 2.05) is 4.90 Å². The average molecular weight is 360 g/mol. The topological polar surface area (TPSA) is 87.2 Å². The van der Waals surface area contributed by atoms with Gasteiger partial charge in [0, 0.05) is 31.7 Å². The van der Waals surface area contributed by atoms with Gasteiger partial charge in [0.2, 0.25) is 11.8 Å². The number of benzene rings is 1. The number of piperidine rings is 1. The minimum Gasteiger partial charge on any atom is -0.482 e. The summed E-state index contributed by atoms with van der Waals surface area (Å²) < 4.78 is 5.10. The summed E-state index contributed by atoms with van der Waals surface area (Å²) in [6.45, 7) is 0.845. The first-order chi connectivity index (χ1) is 12.5. The normalized spacial score (nSPS) is 19.7. The van der Waals surface area contributed by atoms with Crippen molar-refractivity contribution in [1.29, 1.82) is 0 Å². The maximum Gasteiger partial charge on any atom is 0.341 e. The fourth-order valence-electron chi connectivity index (χ4n) is 3.28. The number of carbonyl (C=O) groups excluding carboxylic acids is 2. The van der Waals surface area contributed by atoms with E-state index in [9.17, 15) is 14.4 Å². The summed E-state index contributed by atoms with van der Waals surface area (Å²) >= 11 is 0. The number of aliphatic carboxylic acids is 1. The zero-order valence-electron chi connectivity index (χ0n) is 14.9. The minimum atomic E-state index is -1.04. The van der Waals surface area contributed by atoms with Crippen LogP contribution in [-0.4, -0.2) is 54.5 Å². The second kappa shape index (κ2) is 7.76. The summed E-state index contributed by atoms with van der Waals surface area (Å²) in [5.41, 5.74) is 0.711. The lowest BCUT2D eigenvalue weighted by atomic mass is 9.96. The number of anilines is 1. The van der Waals surface area contributed by atoms with Gasteiger partial charge in [-0.25, -0.2) is 4.79 Å². The van der Waals surface area contributed by atoms with Gasteiger partial charge in [-0.15, -0.1) is 0 Å². The highest BCUT2D eigenvalue weighted by Gasteiger charge is 2.37. The van der Waals surface area contributed by atoms with Crippen LogP contribution in [0.25, 0.3) is 0 Å². The maximum absolute atomic E-state index is 12.8. The average Bonchev–Trinajstić information content (AvgIpc) is 3.50. The Kier molecular flexibility index (Phi) is 5.44. The van der Waals surface area contributed by atoms with Gasteiger partial charge in [-0.05, 0) is 49.9 Å². The van der Waals surface area contributed by atoms with Gasteiger partial charge in [0.15, 0.2) is 6.61 Å². The predicted molar refractivity (Wildman–Crippen MR) is 95.0 cm³/mol. The van der Waals surface area contributed by atoms with Crippen molar-refractivity contribution in [2.45, 2.75) is 25.7 Å². The summed E-state index contributed by atoms with van der Waals surface area (Å²) in [6, 6.07) is 6.74. The van der Waals surface area contributed by atoms with E-state index in [1.54, 1.807) is 36.2 Å². The van der Waals surface area contributed by atoms with Gasteiger partial charge in [-0.2, -0.15) is 0 Å². The summed E-state index contributed by atoms with van der Waals surface area (Å²) in [6.07, 6.45) is 3.59. The summed E-state index contributed by atoms with van der Waals surface area (Å²) in [5, 5.41) is 8.63. The number of hydrogen-bond donors (Lipinski definition) is 1. The second-order valence-electron chi connectivity index (χ2n) is 6.97. The molecule has 7 heteroatoms. The number of carbonyl (C=O) groups is 3. The lowest BCUT2D eigenvalue weighted by molar-refractivity contribution is -0.139. The molecule has 1 aromatic carbocycles. The molecule has 1 saturated carbocycles. The first kappa shape index (κ1) is 18.2. The van der Waals surface area contributed by atoms with E-state index in [0.717, 1.165) is 32.2 Å². The third-order valence-corrected chi connectivity index (χ3v) is 4.93. The smallest absolute Gasteiger partial charge is 0.341 e. The molecule has 1 aliphatic carbocycles. The van der Waals surface area contributed by atoms with Crippen molar-refractivity contribution in [3.8, 4) is 5.75 Å². The van der Waals surface area contributed by atoms with Gasteiger partial charge in [-0.1, -0.05) is 0 Å². The molecule has 7 nitrogen and oxygen atoms in total. The number of carboxylic acid groups (broad SMARTS) is 1. The maximum atomic E-state index is 12.8. The van der Waals surface area contributed by atoms with Crippen LogP contribution in [0, 0.1) is 11.8 Å². The molecule has 1 heterocycles. The van der Waals surface area contributed by atoms with E-state index in [1.165, 1.54) is 0 Å². The van der Waals surface area contributed by atoms with Crippen molar-refractivity contribution in [3.05, 3.63) is 24.3 Å². The number of carboxylic acids is 1. The molecular weight excluding hydrogens is 336 g/mol. The molecule has 1 aromatic rings. The standard InChI is InChI=1S/C19H24N2O5/c1-20(15-6-8-16(9-7-15)26-12-17(22)23)18(24)14-3-2-10-21(11-14)19(25)13-4-5-13/h6-9,13-14H,2-5,10-12H2,1H3,(H,22,23). The number of rotatable bonds is 6. The minimum absolute atomic E-state index is 0.00231. The first-order valence-corrected chi connectivity index (χ1v) is 8.96. The molecule has 0 radical (unpaired) electrons. The Balaban J connectivity index is 1.59. The highest BCUT2D eigenvalue weighted by molar-refractivity contribution is 5.95. The largest absolute Gasteiger partial charge is 0.482 e. The predicted octanol–water partition coefficient (Wildman–Crippen LogP) is 1.76. The van der Waals surface area contributed by atoms with E-state index in [-0.39, 0.29) is 23.7 Å². The Labute approximate surface area is 152 Å².